The minimum atomic E-state index is 0.430. The van der Waals surface area contributed by atoms with E-state index in [0.717, 1.165) is 15.7 Å². The number of anilines is 2. The van der Waals surface area contributed by atoms with Crippen molar-refractivity contribution in [3.8, 4) is 11.5 Å². The molecule has 3 aromatic rings. The fourth-order valence-electron chi connectivity index (χ4n) is 2.45. The molecule has 0 amide bonds. The fourth-order valence-corrected chi connectivity index (χ4v) is 2.94. The van der Waals surface area contributed by atoms with Crippen molar-refractivity contribution in [3.63, 3.8) is 0 Å². The number of methoxy groups -OCH3 is 2. The van der Waals surface area contributed by atoms with E-state index in [2.05, 4.69) is 43.8 Å². The van der Waals surface area contributed by atoms with Crippen LogP contribution in [0, 0.1) is 0 Å². The highest BCUT2D eigenvalue weighted by Crippen LogP contribution is 2.25. The van der Waals surface area contributed by atoms with Crippen LogP contribution in [0.3, 0.4) is 0 Å². The highest BCUT2D eigenvalue weighted by molar-refractivity contribution is 9.10. The molecule has 0 saturated heterocycles. The van der Waals surface area contributed by atoms with Gasteiger partial charge in [0.1, 0.15) is 11.5 Å². The Morgan fingerprint density at radius 3 is 2.33 bits per heavy atom. The largest absolute Gasteiger partial charge is 0.497 e. The molecule has 1 heterocycles. The number of benzene rings is 2. The number of thiocarbonyl (C=S) groups is 1. The maximum atomic E-state index is 5.37. The zero-order valence-electron chi connectivity index (χ0n) is 14.9. The van der Waals surface area contributed by atoms with Gasteiger partial charge >= 0.3 is 0 Å². The first-order valence-corrected chi connectivity index (χ1v) is 9.35. The summed E-state index contributed by atoms with van der Waals surface area (Å²) in [5, 5.41) is 11.1. The SMILES string of the molecule is COc1cc(NC(=S)Nc2ccn(Cc3ccc(Br)cc3)n2)cc(OC)c1. The second-order valence-electron chi connectivity index (χ2n) is 5.71. The van der Waals surface area contributed by atoms with E-state index in [-0.39, 0.29) is 0 Å². The lowest BCUT2D eigenvalue weighted by atomic mass is 10.2. The third-order valence-corrected chi connectivity index (χ3v) is 4.48. The van der Waals surface area contributed by atoms with Crippen LogP contribution in [0.25, 0.3) is 0 Å². The van der Waals surface area contributed by atoms with Crippen molar-refractivity contribution in [1.82, 2.24) is 9.78 Å². The van der Waals surface area contributed by atoms with Crippen LogP contribution in [0.4, 0.5) is 11.5 Å². The second kappa shape index (κ2) is 8.88. The summed E-state index contributed by atoms with van der Waals surface area (Å²) < 4.78 is 13.4. The molecule has 2 N–H and O–H groups in total. The Hall–Kier alpha value is -2.58. The first kappa shape index (κ1) is 19.2. The Bertz CT molecular complexity index is 905. The van der Waals surface area contributed by atoms with E-state index >= 15 is 0 Å². The summed E-state index contributed by atoms with van der Waals surface area (Å²) in [5.74, 6) is 2.02. The number of aromatic nitrogens is 2. The van der Waals surface area contributed by atoms with E-state index in [1.165, 1.54) is 0 Å². The predicted molar refractivity (Wildman–Crippen MR) is 115 cm³/mol. The van der Waals surface area contributed by atoms with Crippen molar-refractivity contribution in [2.75, 3.05) is 24.9 Å². The number of halogens is 1. The van der Waals surface area contributed by atoms with E-state index < -0.39 is 0 Å². The quantitative estimate of drug-likeness (QED) is 0.542. The molecule has 140 valence electrons. The van der Waals surface area contributed by atoms with Crippen LogP contribution in [0.15, 0.2) is 59.2 Å². The standard InChI is InChI=1S/C19H19BrN4O2S/c1-25-16-9-15(10-17(11-16)26-2)21-19(27)22-18-7-8-24(23-18)12-13-3-5-14(20)6-4-13/h3-11H,12H2,1-2H3,(H2,21,22,23,27). The lowest BCUT2D eigenvalue weighted by Crippen LogP contribution is -2.19. The predicted octanol–water partition coefficient (Wildman–Crippen LogP) is 4.52. The van der Waals surface area contributed by atoms with Crippen molar-refractivity contribution in [2.24, 2.45) is 0 Å². The van der Waals surface area contributed by atoms with Crippen molar-refractivity contribution >= 4 is 44.8 Å². The summed E-state index contributed by atoms with van der Waals surface area (Å²) in [7, 11) is 3.21. The second-order valence-corrected chi connectivity index (χ2v) is 7.03. The van der Waals surface area contributed by atoms with Gasteiger partial charge in [-0.3, -0.25) is 4.68 Å². The Labute approximate surface area is 171 Å². The molecular formula is C19H19BrN4O2S. The van der Waals surface area contributed by atoms with Crippen molar-refractivity contribution < 1.29 is 9.47 Å². The van der Waals surface area contributed by atoms with Gasteiger partial charge in [-0.2, -0.15) is 5.10 Å². The lowest BCUT2D eigenvalue weighted by Gasteiger charge is -2.11. The number of nitrogens with zero attached hydrogens (tertiary/aromatic N) is 2. The number of ether oxygens (including phenoxy) is 2. The molecule has 0 aliphatic carbocycles. The van der Waals surface area contributed by atoms with E-state index in [1.54, 1.807) is 20.3 Å². The third kappa shape index (κ3) is 5.45. The zero-order valence-corrected chi connectivity index (χ0v) is 17.3. The molecule has 0 aliphatic rings. The van der Waals surface area contributed by atoms with Crippen LogP contribution in [0.5, 0.6) is 11.5 Å². The highest BCUT2D eigenvalue weighted by atomic mass is 79.9. The van der Waals surface area contributed by atoms with Gasteiger partial charge in [-0.15, -0.1) is 0 Å². The fraction of sp³-hybridized carbons (Fsp3) is 0.158. The van der Waals surface area contributed by atoms with Gasteiger partial charge in [-0.05, 0) is 29.9 Å². The topological polar surface area (TPSA) is 60.3 Å². The molecule has 1 aromatic heterocycles. The maximum Gasteiger partial charge on any atom is 0.176 e. The number of hydrogen-bond acceptors (Lipinski definition) is 4. The van der Waals surface area contributed by atoms with E-state index in [4.69, 9.17) is 21.7 Å². The smallest absolute Gasteiger partial charge is 0.176 e. The molecule has 27 heavy (non-hydrogen) atoms. The lowest BCUT2D eigenvalue weighted by molar-refractivity contribution is 0.395. The molecule has 6 nitrogen and oxygen atoms in total. The Kier molecular flexibility index (Phi) is 6.31. The average Bonchev–Trinajstić information content (AvgIpc) is 3.09. The van der Waals surface area contributed by atoms with Gasteiger partial charge in [0.05, 0.1) is 20.8 Å². The first-order valence-electron chi connectivity index (χ1n) is 8.14. The van der Waals surface area contributed by atoms with Crippen LogP contribution >= 0.6 is 28.1 Å². The van der Waals surface area contributed by atoms with E-state index in [0.29, 0.717) is 29.0 Å². The Morgan fingerprint density at radius 1 is 1.04 bits per heavy atom. The molecule has 3 rings (SSSR count). The van der Waals surface area contributed by atoms with Gasteiger partial charge in [0.25, 0.3) is 0 Å². The van der Waals surface area contributed by atoms with Crippen LogP contribution in [0.1, 0.15) is 5.56 Å². The molecule has 8 heteroatoms. The van der Waals surface area contributed by atoms with E-state index in [9.17, 15) is 0 Å². The van der Waals surface area contributed by atoms with Crippen molar-refractivity contribution in [1.29, 1.82) is 0 Å². The summed E-state index contributed by atoms with van der Waals surface area (Å²) in [6.45, 7) is 0.683. The van der Waals surface area contributed by atoms with Gasteiger partial charge in [0.15, 0.2) is 10.9 Å². The normalized spacial score (nSPS) is 10.3. The summed E-state index contributed by atoms with van der Waals surface area (Å²) in [4.78, 5) is 0. The van der Waals surface area contributed by atoms with Crippen LogP contribution in [0.2, 0.25) is 0 Å². The van der Waals surface area contributed by atoms with Crippen LogP contribution < -0.4 is 20.1 Å². The molecule has 0 bridgehead atoms. The number of hydrogen-bond donors (Lipinski definition) is 2. The Balaban J connectivity index is 1.61. The highest BCUT2D eigenvalue weighted by Gasteiger charge is 2.06. The van der Waals surface area contributed by atoms with Crippen LogP contribution in [-0.4, -0.2) is 29.1 Å². The van der Waals surface area contributed by atoms with Crippen molar-refractivity contribution in [2.45, 2.75) is 6.54 Å². The molecule has 0 spiro atoms. The van der Waals surface area contributed by atoms with Gasteiger partial charge in [-0.25, -0.2) is 0 Å². The summed E-state index contributed by atoms with van der Waals surface area (Å²) in [6, 6.07) is 15.5. The third-order valence-electron chi connectivity index (χ3n) is 3.75. The first-order chi connectivity index (χ1) is 13.1. The molecule has 2 aromatic carbocycles. The molecule has 0 fully saturated rings. The number of rotatable bonds is 6. The summed E-state index contributed by atoms with van der Waals surface area (Å²) in [5.41, 5.74) is 1.93. The summed E-state index contributed by atoms with van der Waals surface area (Å²) >= 11 is 8.81. The molecule has 0 aliphatic heterocycles. The molecule has 0 unspecified atom stereocenters. The van der Waals surface area contributed by atoms with Gasteiger partial charge < -0.3 is 20.1 Å². The van der Waals surface area contributed by atoms with Crippen molar-refractivity contribution in [3.05, 3.63) is 64.8 Å². The zero-order chi connectivity index (χ0) is 19.2. The van der Waals surface area contributed by atoms with Gasteiger partial charge in [-0.1, -0.05) is 28.1 Å². The van der Waals surface area contributed by atoms with Gasteiger partial charge in [0, 0.05) is 40.6 Å². The minimum absolute atomic E-state index is 0.430. The monoisotopic (exact) mass is 446 g/mol. The summed E-state index contributed by atoms with van der Waals surface area (Å²) in [6.07, 6.45) is 1.90. The minimum Gasteiger partial charge on any atom is -0.497 e. The number of nitrogens with one attached hydrogen (secondary N) is 2. The van der Waals surface area contributed by atoms with E-state index in [1.807, 2.05) is 41.2 Å². The Morgan fingerprint density at radius 2 is 1.70 bits per heavy atom. The molecule has 0 atom stereocenters. The molecular weight excluding hydrogens is 428 g/mol. The maximum absolute atomic E-state index is 5.37. The van der Waals surface area contributed by atoms with Crippen LogP contribution in [-0.2, 0) is 6.54 Å². The average molecular weight is 447 g/mol. The molecule has 0 radical (unpaired) electrons. The van der Waals surface area contributed by atoms with Gasteiger partial charge in [0.2, 0.25) is 0 Å². The molecule has 0 saturated carbocycles.